The molecule has 1 aliphatic rings. The lowest BCUT2D eigenvalue weighted by atomic mass is 10.0. The molecule has 1 fully saturated rings. The summed E-state index contributed by atoms with van der Waals surface area (Å²) in [5.74, 6) is -0.964. The van der Waals surface area contributed by atoms with Crippen molar-refractivity contribution in [1.82, 2.24) is 10.2 Å². The van der Waals surface area contributed by atoms with Gasteiger partial charge in [0.2, 0.25) is 5.91 Å². The minimum absolute atomic E-state index is 0.214. The smallest absolute Gasteiger partial charge is 0.248 e. The molecule has 2 rings (SSSR count). The Bertz CT molecular complexity index is 458. The summed E-state index contributed by atoms with van der Waals surface area (Å²) in [5, 5.41) is 3.31. The molecule has 1 amide bonds. The molecule has 4 nitrogen and oxygen atoms in total. The number of halogens is 1. The van der Waals surface area contributed by atoms with Crippen LogP contribution in [0, 0.1) is 5.82 Å². The van der Waals surface area contributed by atoms with Crippen molar-refractivity contribution in [2.75, 3.05) is 20.1 Å². The second-order valence-corrected chi connectivity index (χ2v) is 5.07. The molecule has 1 aromatic rings. The van der Waals surface area contributed by atoms with E-state index in [1.807, 2.05) is 7.05 Å². The minimum atomic E-state index is -0.600. The van der Waals surface area contributed by atoms with Crippen molar-refractivity contribution in [3.05, 3.63) is 35.1 Å². The number of nitrogens with one attached hydrogen (secondary N) is 1. The quantitative estimate of drug-likeness (QED) is 0.857. The van der Waals surface area contributed by atoms with Gasteiger partial charge in [0.25, 0.3) is 0 Å². The third-order valence-electron chi connectivity index (χ3n) is 3.69. The van der Waals surface area contributed by atoms with Crippen LogP contribution in [0.2, 0.25) is 0 Å². The number of hydrogen-bond donors (Lipinski definition) is 2. The van der Waals surface area contributed by atoms with Crippen LogP contribution in [0.5, 0.6) is 0 Å². The van der Waals surface area contributed by atoms with Crippen molar-refractivity contribution >= 4 is 5.91 Å². The number of carbonyl (C=O) groups is 1. The molecule has 1 aromatic carbocycles. The monoisotopic (exact) mass is 265 g/mol. The zero-order valence-corrected chi connectivity index (χ0v) is 11.2. The maximum absolute atomic E-state index is 13.9. The lowest BCUT2D eigenvalue weighted by Gasteiger charge is -2.31. The molecule has 0 aromatic heterocycles. The second kappa shape index (κ2) is 6.12. The van der Waals surface area contributed by atoms with Crippen LogP contribution >= 0.6 is 0 Å². The maximum Gasteiger partial charge on any atom is 0.248 e. The van der Waals surface area contributed by atoms with Gasteiger partial charge in [-0.15, -0.1) is 0 Å². The first kappa shape index (κ1) is 14.0. The summed E-state index contributed by atoms with van der Waals surface area (Å²) in [6.07, 6.45) is 2.16. The maximum atomic E-state index is 13.9. The fraction of sp³-hybridized carbons (Fsp3) is 0.500. The molecular weight excluding hydrogens is 245 g/mol. The summed E-state index contributed by atoms with van der Waals surface area (Å²) < 4.78 is 13.9. The predicted molar refractivity (Wildman–Crippen MR) is 72.3 cm³/mol. The Morgan fingerprint density at radius 3 is 2.74 bits per heavy atom. The third-order valence-corrected chi connectivity index (χ3v) is 3.69. The van der Waals surface area contributed by atoms with Crippen LogP contribution in [0.1, 0.15) is 28.8 Å². The molecule has 0 aliphatic carbocycles. The van der Waals surface area contributed by atoms with E-state index in [1.165, 1.54) is 6.07 Å². The number of nitrogens with zero attached hydrogens (tertiary/aromatic N) is 1. The number of rotatable bonds is 4. The van der Waals surface area contributed by atoms with Gasteiger partial charge in [0, 0.05) is 23.7 Å². The molecule has 0 atom stereocenters. The summed E-state index contributed by atoms with van der Waals surface area (Å²) in [6.45, 7) is 2.58. The van der Waals surface area contributed by atoms with Crippen molar-refractivity contribution in [3.8, 4) is 0 Å². The van der Waals surface area contributed by atoms with Gasteiger partial charge in [-0.1, -0.05) is 6.07 Å². The number of primary amides is 1. The van der Waals surface area contributed by atoms with Crippen LogP contribution in [0.15, 0.2) is 18.2 Å². The first-order valence-corrected chi connectivity index (χ1v) is 6.57. The highest BCUT2D eigenvalue weighted by Crippen LogP contribution is 2.16. The zero-order valence-electron chi connectivity index (χ0n) is 11.2. The average Bonchev–Trinajstić information content (AvgIpc) is 2.41. The molecular formula is C14H20FN3O. The van der Waals surface area contributed by atoms with Crippen molar-refractivity contribution in [1.29, 1.82) is 0 Å². The Balaban J connectivity index is 2.03. The fourth-order valence-electron chi connectivity index (χ4n) is 2.47. The molecule has 0 bridgehead atoms. The first-order chi connectivity index (χ1) is 9.08. The van der Waals surface area contributed by atoms with E-state index in [4.69, 9.17) is 5.73 Å². The molecule has 104 valence electrons. The fourth-order valence-corrected chi connectivity index (χ4v) is 2.47. The molecule has 5 heteroatoms. The van der Waals surface area contributed by atoms with Crippen LogP contribution in [-0.4, -0.2) is 37.0 Å². The molecule has 0 spiro atoms. The topological polar surface area (TPSA) is 58.4 Å². The highest BCUT2D eigenvalue weighted by Gasteiger charge is 2.19. The van der Waals surface area contributed by atoms with Gasteiger partial charge in [0.1, 0.15) is 5.82 Å². The van der Waals surface area contributed by atoms with Crippen LogP contribution < -0.4 is 11.1 Å². The number of carbonyl (C=O) groups excluding carboxylic acids is 1. The van der Waals surface area contributed by atoms with Crippen molar-refractivity contribution in [2.24, 2.45) is 5.73 Å². The van der Waals surface area contributed by atoms with Crippen LogP contribution in [-0.2, 0) is 6.54 Å². The summed E-state index contributed by atoms with van der Waals surface area (Å²) in [6, 6.07) is 4.93. The summed E-state index contributed by atoms with van der Waals surface area (Å²) >= 11 is 0. The van der Waals surface area contributed by atoms with Gasteiger partial charge in [0.15, 0.2) is 0 Å². The van der Waals surface area contributed by atoms with E-state index in [1.54, 1.807) is 12.1 Å². The highest BCUT2D eigenvalue weighted by molar-refractivity contribution is 5.92. The summed E-state index contributed by atoms with van der Waals surface area (Å²) in [7, 11) is 2.01. The van der Waals surface area contributed by atoms with Gasteiger partial charge < -0.3 is 11.1 Å². The standard InChI is InChI=1S/C14H20FN3O/c1-18(12-4-6-17-7-5-12)9-11-3-2-10(14(16)19)8-13(11)15/h2-3,8,12,17H,4-7,9H2,1H3,(H2,16,19). The molecule has 0 unspecified atom stereocenters. The van der Waals surface area contributed by atoms with Gasteiger partial charge in [-0.05, 0) is 45.1 Å². The third kappa shape index (κ3) is 3.52. The molecule has 0 saturated carbocycles. The Morgan fingerprint density at radius 2 is 2.16 bits per heavy atom. The normalized spacial score (nSPS) is 16.8. The van der Waals surface area contributed by atoms with E-state index >= 15 is 0 Å². The Labute approximate surface area is 112 Å². The molecule has 19 heavy (non-hydrogen) atoms. The average molecular weight is 265 g/mol. The number of nitrogens with two attached hydrogens (primary N) is 1. The number of hydrogen-bond acceptors (Lipinski definition) is 3. The van der Waals surface area contributed by atoms with Gasteiger partial charge in [-0.25, -0.2) is 4.39 Å². The van der Waals surface area contributed by atoms with Crippen LogP contribution in [0.25, 0.3) is 0 Å². The number of amides is 1. The Morgan fingerprint density at radius 1 is 1.47 bits per heavy atom. The van der Waals surface area contributed by atoms with Crippen LogP contribution in [0.4, 0.5) is 4.39 Å². The second-order valence-electron chi connectivity index (χ2n) is 5.07. The molecule has 3 N–H and O–H groups in total. The van der Waals surface area contributed by atoms with E-state index < -0.39 is 5.91 Å². The van der Waals surface area contributed by atoms with Crippen molar-refractivity contribution < 1.29 is 9.18 Å². The zero-order chi connectivity index (χ0) is 13.8. The molecule has 1 saturated heterocycles. The predicted octanol–water partition coefficient (Wildman–Crippen LogP) is 1.11. The van der Waals surface area contributed by atoms with Gasteiger partial charge in [-0.3, -0.25) is 9.69 Å². The van der Waals surface area contributed by atoms with Crippen molar-refractivity contribution in [2.45, 2.75) is 25.4 Å². The first-order valence-electron chi connectivity index (χ1n) is 6.57. The van der Waals surface area contributed by atoms with Gasteiger partial charge in [0.05, 0.1) is 0 Å². The largest absolute Gasteiger partial charge is 0.366 e. The SMILES string of the molecule is CN(Cc1ccc(C(N)=O)cc1F)C1CCNCC1. The highest BCUT2D eigenvalue weighted by atomic mass is 19.1. The number of piperidine rings is 1. The van der Waals surface area contributed by atoms with Crippen LogP contribution in [0.3, 0.4) is 0 Å². The minimum Gasteiger partial charge on any atom is -0.366 e. The molecule has 0 radical (unpaired) electrons. The van der Waals surface area contributed by atoms with E-state index in [0.29, 0.717) is 18.2 Å². The van der Waals surface area contributed by atoms with E-state index in [2.05, 4.69) is 10.2 Å². The molecule has 1 aliphatic heterocycles. The van der Waals surface area contributed by atoms with E-state index in [9.17, 15) is 9.18 Å². The van der Waals surface area contributed by atoms with Gasteiger partial charge in [-0.2, -0.15) is 0 Å². The van der Waals surface area contributed by atoms with E-state index in [0.717, 1.165) is 25.9 Å². The molecule has 1 heterocycles. The number of benzene rings is 1. The van der Waals surface area contributed by atoms with E-state index in [-0.39, 0.29) is 11.4 Å². The van der Waals surface area contributed by atoms with Crippen molar-refractivity contribution in [3.63, 3.8) is 0 Å². The Hall–Kier alpha value is -1.46. The summed E-state index contributed by atoms with van der Waals surface area (Å²) in [4.78, 5) is 13.1. The van der Waals surface area contributed by atoms with Gasteiger partial charge >= 0.3 is 0 Å². The summed E-state index contributed by atoms with van der Waals surface area (Å²) in [5.41, 5.74) is 5.94. The lowest BCUT2D eigenvalue weighted by Crippen LogP contribution is -2.40. The Kier molecular flexibility index (Phi) is 4.50. The lowest BCUT2D eigenvalue weighted by molar-refractivity contribution is 0.0999.